The third-order valence-corrected chi connectivity index (χ3v) is 2.89. The number of hydrogen-bond acceptors (Lipinski definition) is 2. The van der Waals surface area contributed by atoms with Gasteiger partial charge in [0.05, 0.1) is 6.17 Å². The Hall–Kier alpha value is -1.64. The molecule has 0 radical (unpaired) electrons. The molecule has 0 spiro atoms. The molecule has 2 nitrogen and oxygen atoms in total. The van der Waals surface area contributed by atoms with Crippen LogP contribution in [0, 0.1) is 0 Å². The second-order valence-corrected chi connectivity index (χ2v) is 4.26. The van der Waals surface area contributed by atoms with Crippen molar-refractivity contribution in [1.29, 1.82) is 0 Å². The first kappa shape index (κ1) is 11.8. The Morgan fingerprint density at radius 3 is 2.06 bits per heavy atom. The van der Waals surface area contributed by atoms with Crippen molar-refractivity contribution in [3.8, 4) is 0 Å². The second kappa shape index (κ2) is 5.62. The Labute approximate surface area is 103 Å². The summed E-state index contributed by atoms with van der Waals surface area (Å²) in [4.78, 5) is 2.14. The van der Waals surface area contributed by atoms with E-state index >= 15 is 0 Å². The molecule has 0 aliphatic rings. The molecule has 0 fully saturated rings. The predicted octanol–water partition coefficient (Wildman–Crippen LogP) is 2.78. The van der Waals surface area contributed by atoms with Crippen molar-refractivity contribution >= 4 is 0 Å². The maximum Gasteiger partial charge on any atom is 0.0835 e. The van der Waals surface area contributed by atoms with Crippen molar-refractivity contribution in [1.82, 2.24) is 4.90 Å². The number of nitrogens with two attached hydrogens (primary N) is 1. The van der Waals surface area contributed by atoms with Crippen LogP contribution in [0.3, 0.4) is 0 Å². The molecule has 0 saturated heterocycles. The lowest BCUT2D eigenvalue weighted by molar-refractivity contribution is 0.242. The van der Waals surface area contributed by atoms with Crippen LogP contribution in [0.2, 0.25) is 0 Å². The van der Waals surface area contributed by atoms with Gasteiger partial charge in [-0.1, -0.05) is 60.7 Å². The molecular formula is C15H18N2. The lowest BCUT2D eigenvalue weighted by Crippen LogP contribution is -2.30. The highest BCUT2D eigenvalue weighted by Crippen LogP contribution is 2.15. The van der Waals surface area contributed by atoms with Crippen LogP contribution in [0.25, 0.3) is 0 Å². The SMILES string of the molecule is CN(Cc1ccccc1)C(N)c1ccccc1. The smallest absolute Gasteiger partial charge is 0.0835 e. The van der Waals surface area contributed by atoms with E-state index < -0.39 is 0 Å². The average molecular weight is 226 g/mol. The van der Waals surface area contributed by atoms with E-state index in [4.69, 9.17) is 5.73 Å². The molecule has 0 saturated carbocycles. The quantitative estimate of drug-likeness (QED) is 0.812. The van der Waals surface area contributed by atoms with Gasteiger partial charge in [-0.25, -0.2) is 0 Å². The molecule has 1 unspecified atom stereocenters. The molecule has 2 rings (SSSR count). The second-order valence-electron chi connectivity index (χ2n) is 4.26. The summed E-state index contributed by atoms with van der Waals surface area (Å²) in [6.07, 6.45) is -0.0589. The first-order valence-corrected chi connectivity index (χ1v) is 5.82. The minimum Gasteiger partial charge on any atom is -0.312 e. The maximum atomic E-state index is 6.21. The van der Waals surface area contributed by atoms with E-state index in [0.29, 0.717) is 0 Å². The summed E-state index contributed by atoms with van der Waals surface area (Å²) in [5.74, 6) is 0. The lowest BCUT2D eigenvalue weighted by Gasteiger charge is -2.24. The van der Waals surface area contributed by atoms with E-state index in [1.807, 2.05) is 31.3 Å². The summed E-state index contributed by atoms with van der Waals surface area (Å²) in [5.41, 5.74) is 8.64. The first-order valence-electron chi connectivity index (χ1n) is 5.82. The monoisotopic (exact) mass is 226 g/mol. The van der Waals surface area contributed by atoms with Crippen LogP contribution >= 0.6 is 0 Å². The van der Waals surface area contributed by atoms with Crippen molar-refractivity contribution in [2.24, 2.45) is 5.73 Å². The molecule has 2 heteroatoms. The van der Waals surface area contributed by atoms with Crippen molar-refractivity contribution < 1.29 is 0 Å². The summed E-state index contributed by atoms with van der Waals surface area (Å²) < 4.78 is 0. The summed E-state index contributed by atoms with van der Waals surface area (Å²) in [7, 11) is 2.05. The molecule has 0 heterocycles. The molecule has 0 bridgehead atoms. The lowest BCUT2D eigenvalue weighted by atomic mass is 10.1. The topological polar surface area (TPSA) is 29.3 Å². The zero-order valence-corrected chi connectivity index (χ0v) is 10.1. The summed E-state index contributed by atoms with van der Waals surface area (Å²) in [6, 6.07) is 20.5. The van der Waals surface area contributed by atoms with Gasteiger partial charge in [-0.2, -0.15) is 0 Å². The van der Waals surface area contributed by atoms with Crippen LogP contribution in [-0.2, 0) is 6.54 Å². The van der Waals surface area contributed by atoms with Crippen molar-refractivity contribution in [2.45, 2.75) is 12.7 Å². The Bertz CT molecular complexity index is 439. The van der Waals surface area contributed by atoms with Gasteiger partial charge in [-0.15, -0.1) is 0 Å². The fourth-order valence-corrected chi connectivity index (χ4v) is 1.87. The Kier molecular flexibility index (Phi) is 3.91. The minimum absolute atomic E-state index is 0.0589. The largest absolute Gasteiger partial charge is 0.312 e. The van der Waals surface area contributed by atoms with Gasteiger partial charge in [-0.3, -0.25) is 4.90 Å². The van der Waals surface area contributed by atoms with Crippen molar-refractivity contribution in [3.05, 3.63) is 71.8 Å². The highest BCUT2D eigenvalue weighted by atomic mass is 15.2. The van der Waals surface area contributed by atoms with E-state index in [2.05, 4.69) is 41.3 Å². The molecule has 2 aromatic carbocycles. The molecule has 1 atom stereocenters. The first-order chi connectivity index (χ1) is 8.27. The minimum atomic E-state index is -0.0589. The molecule has 17 heavy (non-hydrogen) atoms. The molecular weight excluding hydrogens is 208 g/mol. The van der Waals surface area contributed by atoms with Gasteiger partial charge in [0, 0.05) is 6.54 Å². The van der Waals surface area contributed by atoms with Crippen LogP contribution < -0.4 is 5.73 Å². The average Bonchev–Trinajstić information content (AvgIpc) is 2.40. The van der Waals surface area contributed by atoms with Crippen LogP contribution in [0.4, 0.5) is 0 Å². The molecule has 88 valence electrons. The van der Waals surface area contributed by atoms with E-state index in [9.17, 15) is 0 Å². The fourth-order valence-electron chi connectivity index (χ4n) is 1.87. The molecule has 2 aromatic rings. The zero-order chi connectivity index (χ0) is 12.1. The van der Waals surface area contributed by atoms with E-state index in [1.165, 1.54) is 5.56 Å². The van der Waals surface area contributed by atoms with E-state index in [0.717, 1.165) is 12.1 Å². The third-order valence-electron chi connectivity index (χ3n) is 2.89. The van der Waals surface area contributed by atoms with E-state index in [1.54, 1.807) is 0 Å². The van der Waals surface area contributed by atoms with Gasteiger partial charge < -0.3 is 5.73 Å². The highest BCUT2D eigenvalue weighted by molar-refractivity contribution is 5.19. The van der Waals surface area contributed by atoms with Gasteiger partial charge in [0.1, 0.15) is 0 Å². The van der Waals surface area contributed by atoms with Crippen molar-refractivity contribution in [3.63, 3.8) is 0 Å². The summed E-state index contributed by atoms with van der Waals surface area (Å²) in [5, 5.41) is 0. The standard InChI is InChI=1S/C15H18N2/c1-17(12-13-8-4-2-5-9-13)15(16)14-10-6-3-7-11-14/h2-11,15H,12,16H2,1H3. The Balaban J connectivity index is 2.03. The number of rotatable bonds is 4. The van der Waals surface area contributed by atoms with Crippen molar-refractivity contribution in [2.75, 3.05) is 7.05 Å². The molecule has 0 aliphatic carbocycles. The van der Waals surface area contributed by atoms with Crippen LogP contribution in [0.5, 0.6) is 0 Å². The van der Waals surface area contributed by atoms with Crippen LogP contribution in [0.1, 0.15) is 17.3 Å². The van der Waals surface area contributed by atoms with Gasteiger partial charge in [0.15, 0.2) is 0 Å². The molecule has 0 aromatic heterocycles. The number of hydrogen-bond donors (Lipinski definition) is 1. The number of benzene rings is 2. The fraction of sp³-hybridized carbons (Fsp3) is 0.200. The predicted molar refractivity (Wildman–Crippen MR) is 71.3 cm³/mol. The highest BCUT2D eigenvalue weighted by Gasteiger charge is 2.11. The zero-order valence-electron chi connectivity index (χ0n) is 10.1. The van der Waals surface area contributed by atoms with Gasteiger partial charge in [0.25, 0.3) is 0 Å². The Morgan fingerprint density at radius 2 is 1.47 bits per heavy atom. The number of nitrogens with zero attached hydrogens (tertiary/aromatic N) is 1. The van der Waals surface area contributed by atoms with Gasteiger partial charge in [0.2, 0.25) is 0 Å². The maximum absolute atomic E-state index is 6.21. The normalized spacial score (nSPS) is 12.6. The third kappa shape index (κ3) is 3.16. The van der Waals surface area contributed by atoms with Gasteiger partial charge in [-0.05, 0) is 18.2 Å². The Morgan fingerprint density at radius 1 is 0.941 bits per heavy atom. The van der Waals surface area contributed by atoms with Gasteiger partial charge >= 0.3 is 0 Å². The van der Waals surface area contributed by atoms with Crippen LogP contribution in [-0.4, -0.2) is 11.9 Å². The molecule has 0 amide bonds. The van der Waals surface area contributed by atoms with Crippen LogP contribution in [0.15, 0.2) is 60.7 Å². The van der Waals surface area contributed by atoms with E-state index in [-0.39, 0.29) is 6.17 Å². The summed E-state index contributed by atoms with van der Waals surface area (Å²) in [6.45, 7) is 0.858. The molecule has 2 N–H and O–H groups in total. The summed E-state index contributed by atoms with van der Waals surface area (Å²) >= 11 is 0. The molecule has 0 aliphatic heterocycles.